The van der Waals surface area contributed by atoms with Gasteiger partial charge in [0, 0.05) is 27.2 Å². The number of hydrogen-bond acceptors (Lipinski definition) is 4. The van der Waals surface area contributed by atoms with Gasteiger partial charge in [-0.25, -0.2) is 4.68 Å². The maximum absolute atomic E-state index is 11.3. The summed E-state index contributed by atoms with van der Waals surface area (Å²) in [5.74, 6) is 0. The molecule has 1 heterocycles. The summed E-state index contributed by atoms with van der Waals surface area (Å²) in [6.45, 7) is 0. The molecule has 0 fully saturated rings. The van der Waals surface area contributed by atoms with Gasteiger partial charge in [0.25, 0.3) is 5.56 Å². The highest BCUT2D eigenvalue weighted by atomic mass is 32.1. The number of nitrogens with one attached hydrogen (secondary N) is 2. The van der Waals surface area contributed by atoms with E-state index in [1.54, 1.807) is 32.3 Å². The van der Waals surface area contributed by atoms with Gasteiger partial charge in [0.15, 0.2) is 5.11 Å². The van der Waals surface area contributed by atoms with Gasteiger partial charge in [-0.1, -0.05) is 0 Å². The van der Waals surface area contributed by atoms with Gasteiger partial charge in [-0.3, -0.25) is 15.2 Å². The molecule has 0 aliphatic carbocycles. The predicted octanol–water partition coefficient (Wildman–Crippen LogP) is -0.775. The molecular formula is C8H13N5OS. The van der Waals surface area contributed by atoms with Crippen LogP contribution in [0, 0.1) is 0 Å². The zero-order valence-electron chi connectivity index (χ0n) is 8.81. The lowest BCUT2D eigenvalue weighted by molar-refractivity contribution is 0.701. The minimum Gasteiger partial charge on any atom is -0.364 e. The number of aryl methyl sites for hydroxylation is 1. The molecule has 0 spiro atoms. The maximum Gasteiger partial charge on any atom is 0.268 e. The normalized spacial score (nSPS) is 9.53. The molecule has 15 heavy (non-hydrogen) atoms. The van der Waals surface area contributed by atoms with Gasteiger partial charge < -0.3 is 5.32 Å². The largest absolute Gasteiger partial charge is 0.364 e. The Morgan fingerprint density at radius 1 is 1.67 bits per heavy atom. The molecule has 0 aromatic carbocycles. The fourth-order valence-corrected chi connectivity index (χ4v) is 1.05. The van der Waals surface area contributed by atoms with E-state index in [1.165, 1.54) is 10.7 Å². The minimum absolute atomic E-state index is 0.170. The van der Waals surface area contributed by atoms with Crippen LogP contribution in [0.5, 0.6) is 0 Å². The minimum atomic E-state index is -0.170. The van der Waals surface area contributed by atoms with Crippen LogP contribution in [0.4, 0.5) is 5.69 Å². The molecule has 1 aromatic heterocycles. The third-order valence-corrected chi connectivity index (χ3v) is 2.13. The van der Waals surface area contributed by atoms with Crippen molar-refractivity contribution in [2.75, 3.05) is 19.1 Å². The van der Waals surface area contributed by atoms with Crippen molar-refractivity contribution in [1.82, 2.24) is 20.5 Å². The standard InChI is InChI=1S/C8H13N5OS/c1-9-8(15)11-12(2)6-4-7(14)13(3)10-5-6/h4-5H,1-3H3,(H2,9,11,15). The van der Waals surface area contributed by atoms with E-state index < -0.39 is 0 Å². The molecule has 0 saturated heterocycles. The van der Waals surface area contributed by atoms with Crippen molar-refractivity contribution in [2.24, 2.45) is 7.05 Å². The summed E-state index contributed by atoms with van der Waals surface area (Å²) in [5, 5.41) is 8.75. The number of aromatic nitrogens is 2. The van der Waals surface area contributed by atoms with Gasteiger partial charge in [-0.05, 0) is 12.2 Å². The summed E-state index contributed by atoms with van der Waals surface area (Å²) in [4.78, 5) is 11.3. The van der Waals surface area contributed by atoms with Crippen molar-refractivity contribution in [1.29, 1.82) is 0 Å². The van der Waals surface area contributed by atoms with Gasteiger partial charge in [0.1, 0.15) is 0 Å². The fraction of sp³-hybridized carbons (Fsp3) is 0.375. The Balaban J connectivity index is 2.83. The van der Waals surface area contributed by atoms with Gasteiger partial charge in [0.2, 0.25) is 0 Å². The first-order valence-corrected chi connectivity index (χ1v) is 4.71. The van der Waals surface area contributed by atoms with E-state index in [0.29, 0.717) is 10.8 Å². The van der Waals surface area contributed by atoms with Crippen LogP contribution >= 0.6 is 12.2 Å². The number of hydrazine groups is 1. The molecule has 0 atom stereocenters. The summed E-state index contributed by atoms with van der Waals surface area (Å²) in [5.41, 5.74) is 3.34. The molecule has 0 saturated carbocycles. The average Bonchev–Trinajstić information content (AvgIpc) is 2.21. The van der Waals surface area contributed by atoms with Crippen molar-refractivity contribution < 1.29 is 0 Å². The van der Waals surface area contributed by atoms with Crippen LogP contribution in [-0.2, 0) is 7.05 Å². The van der Waals surface area contributed by atoms with Gasteiger partial charge >= 0.3 is 0 Å². The van der Waals surface area contributed by atoms with E-state index >= 15 is 0 Å². The first kappa shape index (κ1) is 11.4. The van der Waals surface area contributed by atoms with Crippen LogP contribution in [0.2, 0.25) is 0 Å². The van der Waals surface area contributed by atoms with E-state index in [9.17, 15) is 4.79 Å². The van der Waals surface area contributed by atoms with Crippen molar-refractivity contribution in [3.63, 3.8) is 0 Å². The number of thiocarbonyl (C=S) groups is 1. The molecule has 1 aromatic rings. The van der Waals surface area contributed by atoms with E-state index in [0.717, 1.165) is 0 Å². The maximum atomic E-state index is 11.3. The lowest BCUT2D eigenvalue weighted by atomic mass is 10.4. The quantitative estimate of drug-likeness (QED) is 0.511. The molecule has 0 aliphatic heterocycles. The van der Waals surface area contributed by atoms with Gasteiger partial charge in [-0.2, -0.15) is 5.10 Å². The molecular weight excluding hydrogens is 214 g/mol. The van der Waals surface area contributed by atoms with E-state index in [2.05, 4.69) is 15.8 Å². The smallest absolute Gasteiger partial charge is 0.268 e. The molecule has 6 nitrogen and oxygen atoms in total. The van der Waals surface area contributed by atoms with Crippen LogP contribution in [0.15, 0.2) is 17.1 Å². The lowest BCUT2D eigenvalue weighted by Crippen LogP contribution is -2.44. The van der Waals surface area contributed by atoms with Crippen molar-refractivity contribution >= 4 is 23.0 Å². The lowest BCUT2D eigenvalue weighted by Gasteiger charge is -2.20. The molecule has 0 amide bonds. The number of hydrogen-bond donors (Lipinski definition) is 2. The second-order valence-corrected chi connectivity index (χ2v) is 3.33. The molecule has 0 radical (unpaired) electrons. The Labute approximate surface area is 92.9 Å². The fourth-order valence-electron chi connectivity index (χ4n) is 0.916. The molecule has 2 N–H and O–H groups in total. The third kappa shape index (κ3) is 2.91. The molecule has 1 rings (SSSR count). The topological polar surface area (TPSA) is 62.2 Å². The van der Waals surface area contributed by atoms with Crippen LogP contribution in [0.25, 0.3) is 0 Å². The molecule has 0 bridgehead atoms. The number of rotatable bonds is 2. The Hall–Kier alpha value is -1.63. The second-order valence-electron chi connectivity index (χ2n) is 2.93. The molecule has 7 heteroatoms. The summed E-state index contributed by atoms with van der Waals surface area (Å²) < 4.78 is 1.26. The van der Waals surface area contributed by atoms with E-state index in [-0.39, 0.29) is 5.56 Å². The van der Waals surface area contributed by atoms with Gasteiger partial charge in [0.05, 0.1) is 11.9 Å². The van der Waals surface area contributed by atoms with Crippen molar-refractivity contribution in [3.05, 3.63) is 22.6 Å². The van der Waals surface area contributed by atoms with E-state index in [4.69, 9.17) is 12.2 Å². The second kappa shape index (κ2) is 4.74. The molecule has 82 valence electrons. The number of anilines is 1. The Morgan fingerprint density at radius 2 is 2.33 bits per heavy atom. The summed E-state index contributed by atoms with van der Waals surface area (Å²) >= 11 is 4.92. The highest BCUT2D eigenvalue weighted by molar-refractivity contribution is 7.80. The average molecular weight is 227 g/mol. The Morgan fingerprint density at radius 3 is 2.87 bits per heavy atom. The summed E-state index contributed by atoms with van der Waals surface area (Å²) in [6.07, 6.45) is 1.58. The van der Waals surface area contributed by atoms with Crippen LogP contribution in [0.1, 0.15) is 0 Å². The van der Waals surface area contributed by atoms with E-state index in [1.807, 2.05) is 0 Å². The first-order chi connectivity index (χ1) is 7.04. The van der Waals surface area contributed by atoms with Crippen LogP contribution in [0.3, 0.4) is 0 Å². The summed E-state index contributed by atoms with van der Waals surface area (Å²) in [6, 6.07) is 1.47. The van der Waals surface area contributed by atoms with Crippen molar-refractivity contribution in [3.8, 4) is 0 Å². The zero-order chi connectivity index (χ0) is 11.4. The SMILES string of the molecule is CNC(=S)NN(C)c1cnn(C)c(=O)c1. The summed E-state index contributed by atoms with van der Waals surface area (Å²) in [7, 11) is 5.06. The van der Waals surface area contributed by atoms with Crippen LogP contribution < -0.4 is 21.3 Å². The van der Waals surface area contributed by atoms with Gasteiger partial charge in [-0.15, -0.1) is 0 Å². The Kier molecular flexibility index (Phi) is 3.62. The third-order valence-electron chi connectivity index (χ3n) is 1.84. The Bertz CT molecular complexity index is 416. The number of nitrogens with zero attached hydrogens (tertiary/aromatic N) is 3. The van der Waals surface area contributed by atoms with Crippen LogP contribution in [-0.4, -0.2) is 29.0 Å². The predicted molar refractivity (Wildman–Crippen MR) is 62.7 cm³/mol. The highest BCUT2D eigenvalue weighted by Crippen LogP contribution is 2.02. The monoisotopic (exact) mass is 227 g/mol. The highest BCUT2D eigenvalue weighted by Gasteiger charge is 2.03. The van der Waals surface area contributed by atoms with Crippen molar-refractivity contribution in [2.45, 2.75) is 0 Å². The zero-order valence-corrected chi connectivity index (χ0v) is 9.63. The first-order valence-electron chi connectivity index (χ1n) is 4.30. The molecule has 0 unspecified atom stereocenters. The molecule has 0 aliphatic rings.